The van der Waals surface area contributed by atoms with Crippen LogP contribution in [-0.4, -0.2) is 18.4 Å². The highest BCUT2D eigenvalue weighted by atomic mass is 19.4. The lowest BCUT2D eigenvalue weighted by Crippen LogP contribution is -2.36. The first kappa shape index (κ1) is 16.6. The van der Waals surface area contributed by atoms with Gasteiger partial charge in [0, 0.05) is 12.2 Å². The maximum absolute atomic E-state index is 12.6. The average Bonchev–Trinajstić information content (AvgIpc) is 3.00. The van der Waals surface area contributed by atoms with E-state index in [0.717, 1.165) is 23.8 Å². The van der Waals surface area contributed by atoms with Crippen molar-refractivity contribution in [3.63, 3.8) is 0 Å². The fourth-order valence-corrected chi connectivity index (χ4v) is 1.80. The molecule has 0 aliphatic carbocycles. The van der Waals surface area contributed by atoms with E-state index in [9.17, 15) is 22.8 Å². The molecule has 0 atom stereocenters. The maximum Gasteiger partial charge on any atom is 0.416 e. The van der Waals surface area contributed by atoms with Crippen LogP contribution in [-0.2, 0) is 22.2 Å². The van der Waals surface area contributed by atoms with Crippen molar-refractivity contribution in [3.05, 3.63) is 54.0 Å². The molecule has 0 saturated carbocycles. The second-order valence-corrected chi connectivity index (χ2v) is 4.67. The van der Waals surface area contributed by atoms with E-state index in [4.69, 9.17) is 4.42 Å². The van der Waals surface area contributed by atoms with Gasteiger partial charge in [0.1, 0.15) is 0 Å². The Hall–Kier alpha value is -2.77. The molecule has 0 fully saturated rings. The normalized spacial score (nSPS) is 11.1. The number of nitrogens with one attached hydrogen (secondary N) is 2. The first-order chi connectivity index (χ1) is 10.9. The molecule has 122 valence electrons. The molecule has 0 aliphatic rings. The van der Waals surface area contributed by atoms with Gasteiger partial charge in [0.2, 0.25) is 0 Å². The predicted octanol–water partition coefficient (Wildman–Crippen LogP) is 2.60. The first-order valence-corrected chi connectivity index (χ1v) is 6.64. The van der Waals surface area contributed by atoms with E-state index in [-0.39, 0.29) is 12.2 Å². The van der Waals surface area contributed by atoms with E-state index in [2.05, 4.69) is 10.6 Å². The fraction of sp³-hybridized carbons (Fsp3) is 0.200. The predicted molar refractivity (Wildman–Crippen MR) is 75.5 cm³/mol. The maximum atomic E-state index is 12.6. The van der Waals surface area contributed by atoms with Crippen LogP contribution in [0.4, 0.5) is 18.9 Å². The summed E-state index contributed by atoms with van der Waals surface area (Å²) in [5.74, 6) is -1.96. The van der Waals surface area contributed by atoms with E-state index in [1.54, 1.807) is 6.07 Å². The van der Waals surface area contributed by atoms with Crippen LogP contribution in [0.25, 0.3) is 0 Å². The fourth-order valence-electron chi connectivity index (χ4n) is 1.80. The van der Waals surface area contributed by atoms with Gasteiger partial charge >= 0.3 is 18.0 Å². The summed E-state index contributed by atoms with van der Waals surface area (Å²) in [5.41, 5.74) is -0.158. The van der Waals surface area contributed by atoms with Crippen molar-refractivity contribution in [1.82, 2.24) is 5.32 Å². The van der Waals surface area contributed by atoms with Crippen LogP contribution in [0.1, 0.15) is 11.1 Å². The van der Waals surface area contributed by atoms with Crippen LogP contribution in [0.2, 0.25) is 0 Å². The molecule has 0 saturated heterocycles. The van der Waals surface area contributed by atoms with Crippen LogP contribution in [0.3, 0.4) is 0 Å². The highest BCUT2D eigenvalue weighted by molar-refractivity contribution is 6.39. The largest absolute Gasteiger partial charge is 0.472 e. The second kappa shape index (κ2) is 6.99. The molecule has 0 unspecified atom stereocenters. The van der Waals surface area contributed by atoms with Gasteiger partial charge in [0.15, 0.2) is 0 Å². The summed E-state index contributed by atoms with van der Waals surface area (Å²) in [4.78, 5) is 23.2. The zero-order valence-corrected chi connectivity index (χ0v) is 11.8. The molecular weight excluding hydrogens is 313 g/mol. The van der Waals surface area contributed by atoms with Crippen molar-refractivity contribution in [2.24, 2.45) is 0 Å². The van der Waals surface area contributed by atoms with Crippen molar-refractivity contribution in [2.75, 3.05) is 11.9 Å². The Balaban J connectivity index is 1.87. The molecule has 0 spiro atoms. The Bertz CT molecular complexity index is 682. The Kier molecular flexibility index (Phi) is 5.05. The third-order valence-electron chi connectivity index (χ3n) is 2.93. The lowest BCUT2D eigenvalue weighted by molar-refractivity contribution is -0.137. The number of rotatable bonds is 4. The Morgan fingerprint density at radius 3 is 2.57 bits per heavy atom. The zero-order chi connectivity index (χ0) is 16.9. The van der Waals surface area contributed by atoms with E-state index in [1.165, 1.54) is 18.6 Å². The molecule has 2 amide bonds. The van der Waals surface area contributed by atoms with Gasteiger partial charge in [-0.1, -0.05) is 6.07 Å². The van der Waals surface area contributed by atoms with Crippen LogP contribution >= 0.6 is 0 Å². The molecular formula is C15H13F3N2O3. The third kappa shape index (κ3) is 4.87. The highest BCUT2D eigenvalue weighted by Crippen LogP contribution is 2.30. The SMILES string of the molecule is O=C(NCCc1ccoc1)C(=O)Nc1cccc(C(F)(F)F)c1. The number of hydrogen-bond acceptors (Lipinski definition) is 3. The first-order valence-electron chi connectivity index (χ1n) is 6.64. The summed E-state index contributed by atoms with van der Waals surface area (Å²) in [6.45, 7) is 0.203. The topological polar surface area (TPSA) is 71.3 Å². The molecule has 8 heteroatoms. The molecule has 2 aromatic rings. The number of amides is 2. The van der Waals surface area contributed by atoms with Crippen molar-refractivity contribution in [2.45, 2.75) is 12.6 Å². The van der Waals surface area contributed by atoms with Crippen molar-refractivity contribution >= 4 is 17.5 Å². The van der Waals surface area contributed by atoms with Gasteiger partial charge in [-0.15, -0.1) is 0 Å². The second-order valence-electron chi connectivity index (χ2n) is 4.67. The summed E-state index contributed by atoms with van der Waals surface area (Å²) in [7, 11) is 0. The smallest absolute Gasteiger partial charge is 0.416 e. The Labute approximate surface area is 129 Å². The number of benzene rings is 1. The van der Waals surface area contributed by atoms with Crippen molar-refractivity contribution in [1.29, 1.82) is 0 Å². The van der Waals surface area contributed by atoms with Gasteiger partial charge in [0.25, 0.3) is 0 Å². The summed E-state index contributed by atoms with van der Waals surface area (Å²) in [6, 6.07) is 5.77. The number of carbonyl (C=O) groups excluding carboxylic acids is 2. The molecule has 0 radical (unpaired) electrons. The van der Waals surface area contributed by atoms with E-state index in [1.807, 2.05) is 0 Å². The molecule has 0 bridgehead atoms. The number of hydrogen-bond donors (Lipinski definition) is 2. The van der Waals surface area contributed by atoms with E-state index in [0.29, 0.717) is 6.42 Å². The highest BCUT2D eigenvalue weighted by Gasteiger charge is 2.30. The molecule has 2 rings (SSSR count). The Morgan fingerprint density at radius 1 is 1.13 bits per heavy atom. The van der Waals surface area contributed by atoms with Crippen molar-refractivity contribution in [3.8, 4) is 0 Å². The van der Waals surface area contributed by atoms with Crippen LogP contribution in [0, 0.1) is 0 Å². The van der Waals surface area contributed by atoms with Gasteiger partial charge in [-0.2, -0.15) is 13.2 Å². The van der Waals surface area contributed by atoms with Crippen LogP contribution < -0.4 is 10.6 Å². The van der Waals surface area contributed by atoms with E-state index >= 15 is 0 Å². The molecule has 23 heavy (non-hydrogen) atoms. The number of anilines is 1. The quantitative estimate of drug-likeness (QED) is 0.849. The number of alkyl halides is 3. The molecule has 5 nitrogen and oxygen atoms in total. The van der Waals surface area contributed by atoms with Gasteiger partial charge in [-0.3, -0.25) is 9.59 Å². The summed E-state index contributed by atoms with van der Waals surface area (Å²) in [5, 5.41) is 4.50. The minimum Gasteiger partial charge on any atom is -0.472 e. The zero-order valence-electron chi connectivity index (χ0n) is 11.8. The lowest BCUT2D eigenvalue weighted by Gasteiger charge is -2.10. The third-order valence-corrected chi connectivity index (χ3v) is 2.93. The average molecular weight is 326 g/mol. The molecule has 2 N–H and O–H groups in total. The minimum atomic E-state index is -4.52. The number of halogens is 3. The van der Waals surface area contributed by atoms with Gasteiger partial charge in [-0.25, -0.2) is 0 Å². The summed E-state index contributed by atoms with van der Waals surface area (Å²) in [6.07, 6.45) is -1.06. The molecule has 1 aromatic carbocycles. The van der Waals surface area contributed by atoms with Crippen LogP contribution in [0.5, 0.6) is 0 Å². The minimum absolute atomic E-state index is 0.102. The van der Waals surface area contributed by atoms with Gasteiger partial charge in [-0.05, 0) is 36.2 Å². The van der Waals surface area contributed by atoms with Crippen molar-refractivity contribution < 1.29 is 27.2 Å². The molecule has 1 aromatic heterocycles. The number of carbonyl (C=O) groups is 2. The van der Waals surface area contributed by atoms with Gasteiger partial charge < -0.3 is 15.1 Å². The number of furan rings is 1. The lowest BCUT2D eigenvalue weighted by atomic mass is 10.2. The standard InChI is InChI=1S/C15H13F3N2O3/c16-15(17,18)11-2-1-3-12(8-11)20-14(22)13(21)19-6-4-10-5-7-23-9-10/h1-3,5,7-9H,4,6H2,(H,19,21)(H,20,22). The van der Waals surface area contributed by atoms with E-state index < -0.39 is 23.6 Å². The van der Waals surface area contributed by atoms with Crippen LogP contribution in [0.15, 0.2) is 47.3 Å². The summed E-state index contributed by atoms with van der Waals surface area (Å²) >= 11 is 0. The Morgan fingerprint density at radius 2 is 1.91 bits per heavy atom. The monoisotopic (exact) mass is 326 g/mol. The summed E-state index contributed by atoms with van der Waals surface area (Å²) < 4.78 is 42.5. The molecule has 0 aliphatic heterocycles. The van der Waals surface area contributed by atoms with Gasteiger partial charge in [0.05, 0.1) is 18.1 Å². The molecule has 1 heterocycles.